The van der Waals surface area contributed by atoms with Gasteiger partial charge in [-0.15, -0.1) is 0 Å². The highest BCUT2D eigenvalue weighted by molar-refractivity contribution is 6.33. The second kappa shape index (κ2) is 6.20. The number of benzene rings is 1. The minimum absolute atomic E-state index is 0.473. The van der Waals surface area contributed by atoms with E-state index < -0.39 is 0 Å². The average Bonchev–Trinajstić information content (AvgIpc) is 3.06. The van der Waals surface area contributed by atoms with Crippen LogP contribution in [0.5, 0.6) is 0 Å². The second-order valence-electron chi connectivity index (χ2n) is 6.11. The number of hydrogen-bond acceptors (Lipinski definition) is 3. The summed E-state index contributed by atoms with van der Waals surface area (Å²) in [7, 11) is 0. The molecule has 23 heavy (non-hydrogen) atoms. The third-order valence-corrected chi connectivity index (χ3v) is 4.81. The molecular weight excluding hydrogens is 308 g/mol. The van der Waals surface area contributed by atoms with Crippen molar-refractivity contribution in [2.75, 3.05) is 5.32 Å². The summed E-state index contributed by atoms with van der Waals surface area (Å²) >= 11 is 6.38. The van der Waals surface area contributed by atoms with Crippen molar-refractivity contribution in [1.82, 2.24) is 15.0 Å². The van der Waals surface area contributed by atoms with Crippen molar-refractivity contribution in [3.05, 3.63) is 41.7 Å². The zero-order valence-corrected chi connectivity index (χ0v) is 13.6. The summed E-state index contributed by atoms with van der Waals surface area (Å²) in [6, 6.07) is 8.64. The summed E-state index contributed by atoms with van der Waals surface area (Å²) in [6.07, 6.45) is 9.90. The Morgan fingerprint density at radius 3 is 2.87 bits per heavy atom. The lowest BCUT2D eigenvalue weighted by Crippen LogP contribution is -2.23. The molecule has 0 spiro atoms. The Morgan fingerprint density at radius 2 is 2.00 bits per heavy atom. The van der Waals surface area contributed by atoms with E-state index in [1.165, 1.54) is 32.1 Å². The summed E-state index contributed by atoms with van der Waals surface area (Å²) in [4.78, 5) is 12.3. The van der Waals surface area contributed by atoms with Gasteiger partial charge in [-0.05, 0) is 25.0 Å². The lowest BCUT2D eigenvalue weighted by atomic mass is 9.96. The first-order valence-corrected chi connectivity index (χ1v) is 8.54. The van der Waals surface area contributed by atoms with Crippen LogP contribution in [0.25, 0.3) is 22.2 Å². The number of aromatic amines is 1. The quantitative estimate of drug-likeness (QED) is 0.710. The van der Waals surface area contributed by atoms with E-state index in [0.717, 1.165) is 22.2 Å². The molecule has 0 radical (unpaired) electrons. The largest absolute Gasteiger partial charge is 0.361 e. The minimum atomic E-state index is 0.473. The van der Waals surface area contributed by atoms with Gasteiger partial charge >= 0.3 is 0 Å². The van der Waals surface area contributed by atoms with Crippen molar-refractivity contribution in [1.29, 1.82) is 0 Å². The molecule has 4 rings (SSSR count). The van der Waals surface area contributed by atoms with Crippen LogP contribution in [-0.4, -0.2) is 21.0 Å². The molecule has 0 saturated heterocycles. The molecule has 2 N–H and O–H groups in total. The molecule has 4 nitrogen and oxygen atoms in total. The number of anilines is 1. The number of rotatable bonds is 3. The molecule has 118 valence electrons. The maximum Gasteiger partial charge on any atom is 0.223 e. The van der Waals surface area contributed by atoms with Crippen molar-refractivity contribution in [2.45, 2.75) is 38.1 Å². The van der Waals surface area contributed by atoms with E-state index in [2.05, 4.69) is 33.5 Å². The van der Waals surface area contributed by atoms with Gasteiger partial charge in [0, 0.05) is 28.7 Å². The summed E-state index contributed by atoms with van der Waals surface area (Å²) in [6.45, 7) is 0. The van der Waals surface area contributed by atoms with E-state index in [4.69, 9.17) is 16.6 Å². The maximum absolute atomic E-state index is 6.38. The fourth-order valence-electron chi connectivity index (χ4n) is 3.35. The van der Waals surface area contributed by atoms with E-state index >= 15 is 0 Å². The Balaban J connectivity index is 1.70. The van der Waals surface area contributed by atoms with Gasteiger partial charge in [-0.25, -0.2) is 9.97 Å². The number of aromatic nitrogens is 3. The lowest BCUT2D eigenvalue weighted by Gasteiger charge is -2.22. The Labute approximate surface area is 140 Å². The highest BCUT2D eigenvalue weighted by Crippen LogP contribution is 2.32. The third kappa shape index (κ3) is 2.91. The van der Waals surface area contributed by atoms with Crippen molar-refractivity contribution in [2.24, 2.45) is 0 Å². The smallest absolute Gasteiger partial charge is 0.223 e. The van der Waals surface area contributed by atoms with Gasteiger partial charge in [-0.2, -0.15) is 0 Å². The van der Waals surface area contributed by atoms with E-state index in [1.54, 1.807) is 6.20 Å². The summed E-state index contributed by atoms with van der Waals surface area (Å²) in [5.41, 5.74) is 2.90. The first-order chi connectivity index (χ1) is 11.3. The van der Waals surface area contributed by atoms with Gasteiger partial charge in [0.15, 0.2) is 0 Å². The highest BCUT2D eigenvalue weighted by atomic mass is 35.5. The van der Waals surface area contributed by atoms with E-state index in [9.17, 15) is 0 Å². The Bertz CT molecular complexity index is 821. The molecule has 1 aromatic carbocycles. The van der Waals surface area contributed by atoms with Gasteiger partial charge in [0.2, 0.25) is 5.95 Å². The standard InChI is InChI=1S/C18H19ClN4/c19-15-11-21-18(22-12-5-2-1-3-6-12)23-17(15)14-7-4-8-16-13(14)9-10-20-16/h4,7-12,20H,1-3,5-6H2,(H,21,22,23). The predicted molar refractivity (Wildman–Crippen MR) is 94.8 cm³/mol. The average molecular weight is 327 g/mol. The third-order valence-electron chi connectivity index (χ3n) is 4.53. The fraction of sp³-hybridized carbons (Fsp3) is 0.333. The molecule has 2 aromatic heterocycles. The topological polar surface area (TPSA) is 53.6 Å². The van der Waals surface area contributed by atoms with Crippen LogP contribution in [0.15, 0.2) is 36.7 Å². The monoisotopic (exact) mass is 326 g/mol. The van der Waals surface area contributed by atoms with Crippen LogP contribution in [0.4, 0.5) is 5.95 Å². The van der Waals surface area contributed by atoms with Crippen LogP contribution in [0.1, 0.15) is 32.1 Å². The van der Waals surface area contributed by atoms with Gasteiger partial charge in [0.05, 0.1) is 16.9 Å². The van der Waals surface area contributed by atoms with E-state index in [0.29, 0.717) is 17.0 Å². The predicted octanol–water partition coefficient (Wildman–Crippen LogP) is 5.02. The van der Waals surface area contributed by atoms with Gasteiger partial charge in [0.1, 0.15) is 0 Å². The number of hydrogen-bond donors (Lipinski definition) is 2. The molecule has 0 bridgehead atoms. The Kier molecular flexibility index (Phi) is 3.92. The van der Waals surface area contributed by atoms with Crippen molar-refractivity contribution in [3.63, 3.8) is 0 Å². The highest BCUT2D eigenvalue weighted by Gasteiger charge is 2.16. The molecule has 0 amide bonds. The van der Waals surface area contributed by atoms with Gasteiger partial charge < -0.3 is 10.3 Å². The summed E-state index contributed by atoms with van der Waals surface area (Å²) in [5.74, 6) is 0.670. The van der Waals surface area contributed by atoms with Gasteiger partial charge in [-0.3, -0.25) is 0 Å². The summed E-state index contributed by atoms with van der Waals surface area (Å²) < 4.78 is 0. The van der Waals surface area contributed by atoms with Crippen molar-refractivity contribution < 1.29 is 0 Å². The summed E-state index contributed by atoms with van der Waals surface area (Å²) in [5, 5.41) is 5.17. The van der Waals surface area contributed by atoms with Gasteiger partial charge in [-0.1, -0.05) is 43.0 Å². The van der Waals surface area contributed by atoms with Crippen molar-refractivity contribution in [3.8, 4) is 11.3 Å². The van der Waals surface area contributed by atoms with Crippen LogP contribution < -0.4 is 5.32 Å². The van der Waals surface area contributed by atoms with Crippen LogP contribution in [0.2, 0.25) is 5.02 Å². The minimum Gasteiger partial charge on any atom is -0.361 e. The van der Waals surface area contributed by atoms with Crippen LogP contribution in [0, 0.1) is 0 Å². The number of fused-ring (bicyclic) bond motifs is 1. The first-order valence-electron chi connectivity index (χ1n) is 8.17. The molecule has 2 heterocycles. The maximum atomic E-state index is 6.38. The molecule has 5 heteroatoms. The zero-order valence-electron chi connectivity index (χ0n) is 12.8. The van der Waals surface area contributed by atoms with E-state index in [1.807, 2.05) is 12.3 Å². The number of nitrogens with zero attached hydrogens (tertiary/aromatic N) is 2. The SMILES string of the molecule is Clc1cnc(NC2CCCCC2)nc1-c1cccc2[nH]ccc12. The normalized spacial score (nSPS) is 15.9. The molecule has 1 fully saturated rings. The number of H-pyrrole nitrogens is 1. The van der Waals surface area contributed by atoms with Crippen LogP contribution >= 0.6 is 11.6 Å². The molecule has 0 unspecified atom stereocenters. The molecule has 3 aromatic rings. The Hall–Kier alpha value is -2.07. The first kappa shape index (κ1) is 14.5. The van der Waals surface area contributed by atoms with Crippen molar-refractivity contribution >= 4 is 28.5 Å². The molecule has 1 saturated carbocycles. The van der Waals surface area contributed by atoms with E-state index in [-0.39, 0.29) is 0 Å². The zero-order chi connectivity index (χ0) is 15.6. The Morgan fingerprint density at radius 1 is 1.13 bits per heavy atom. The lowest BCUT2D eigenvalue weighted by molar-refractivity contribution is 0.461. The second-order valence-corrected chi connectivity index (χ2v) is 6.52. The number of halogens is 1. The fourth-order valence-corrected chi connectivity index (χ4v) is 3.54. The van der Waals surface area contributed by atoms with Crippen LogP contribution in [0.3, 0.4) is 0 Å². The number of nitrogens with one attached hydrogen (secondary N) is 2. The molecule has 1 aliphatic rings. The molecule has 0 aliphatic heterocycles. The molecule has 1 aliphatic carbocycles. The molecule has 0 atom stereocenters. The molecular formula is C18H19ClN4. The van der Waals surface area contributed by atoms with Gasteiger partial charge in [0.25, 0.3) is 0 Å². The van der Waals surface area contributed by atoms with Crippen LogP contribution in [-0.2, 0) is 0 Å².